The number of carbonyl (C=O) groups is 3. The van der Waals surface area contributed by atoms with Crippen molar-refractivity contribution in [3.05, 3.63) is 65.2 Å². The van der Waals surface area contributed by atoms with E-state index in [9.17, 15) is 18.8 Å². The van der Waals surface area contributed by atoms with Crippen molar-refractivity contribution in [3.63, 3.8) is 0 Å². The van der Waals surface area contributed by atoms with Crippen molar-refractivity contribution in [3.8, 4) is 0 Å². The summed E-state index contributed by atoms with van der Waals surface area (Å²) in [6, 6.07) is 13.0. The predicted molar refractivity (Wildman–Crippen MR) is 126 cm³/mol. The van der Waals surface area contributed by atoms with E-state index in [0.717, 1.165) is 5.56 Å². The van der Waals surface area contributed by atoms with Gasteiger partial charge in [0.1, 0.15) is 12.2 Å². The van der Waals surface area contributed by atoms with Crippen molar-refractivity contribution in [1.82, 2.24) is 9.80 Å². The van der Waals surface area contributed by atoms with E-state index >= 15 is 0 Å². The molecular weight excluding hydrogens is 423 g/mol. The molecule has 2 N–H and O–H groups in total. The van der Waals surface area contributed by atoms with Crippen LogP contribution in [0.15, 0.2) is 48.5 Å². The highest BCUT2D eigenvalue weighted by atomic mass is 19.1. The topological polar surface area (TPSA) is 87.0 Å². The van der Waals surface area contributed by atoms with Gasteiger partial charge in [0.2, 0.25) is 11.8 Å². The van der Waals surface area contributed by atoms with E-state index in [1.165, 1.54) is 14.7 Å². The number of amides is 3. The Balaban J connectivity index is 1.83. The molecule has 33 heavy (non-hydrogen) atoms. The second-order valence-corrected chi connectivity index (χ2v) is 8.73. The second kappa shape index (κ2) is 10.1. The summed E-state index contributed by atoms with van der Waals surface area (Å²) in [6.07, 6.45) is -0.786. The van der Waals surface area contributed by atoms with Gasteiger partial charge in [0.05, 0.1) is 12.5 Å². The average Bonchev–Trinajstić information content (AvgIpc) is 3.24. The number of hydrogen-bond acceptors (Lipinski definition) is 4. The number of carbonyl (C=O) groups excluding carboxylic acids is 3. The van der Waals surface area contributed by atoms with Crippen molar-refractivity contribution in [2.75, 3.05) is 39.1 Å². The van der Waals surface area contributed by atoms with Crippen LogP contribution in [0.2, 0.25) is 0 Å². The minimum atomic E-state index is -1.14. The number of anilines is 1. The quantitative estimate of drug-likeness (QED) is 0.726. The van der Waals surface area contributed by atoms with E-state index in [4.69, 9.17) is 5.73 Å². The van der Waals surface area contributed by atoms with E-state index < -0.39 is 24.0 Å². The molecule has 0 radical (unpaired) electrons. The lowest BCUT2D eigenvalue weighted by Crippen LogP contribution is -2.50. The zero-order valence-electron chi connectivity index (χ0n) is 19.5. The highest BCUT2D eigenvalue weighted by Gasteiger charge is 2.38. The Bertz CT molecular complexity index is 1010. The number of benzene rings is 2. The number of likely N-dealkylation sites (N-methyl/N-ethyl adjacent to an activating group) is 1. The van der Waals surface area contributed by atoms with Crippen molar-refractivity contribution in [2.24, 2.45) is 5.73 Å². The molecule has 3 atom stereocenters. The van der Waals surface area contributed by atoms with Gasteiger partial charge in [0, 0.05) is 38.9 Å². The smallest absolute Gasteiger partial charge is 0.258 e. The SMILES string of the molecule is Cc1ccc(C(=O)N(C)c2ccc([C@H](C(=O)N(C)C)[C@H](N)C(=O)N3CC[C@H](F)C3)cc2)cc1. The van der Waals surface area contributed by atoms with E-state index in [2.05, 4.69) is 0 Å². The van der Waals surface area contributed by atoms with Crippen molar-refractivity contribution in [2.45, 2.75) is 31.5 Å². The van der Waals surface area contributed by atoms with Gasteiger partial charge in [-0.3, -0.25) is 14.4 Å². The molecule has 0 aromatic heterocycles. The Hall–Kier alpha value is -3.26. The maximum atomic E-state index is 13.6. The van der Waals surface area contributed by atoms with Gasteiger partial charge < -0.3 is 20.4 Å². The fourth-order valence-electron chi connectivity index (χ4n) is 3.97. The number of nitrogens with zero attached hydrogens (tertiary/aromatic N) is 3. The molecule has 1 aliphatic heterocycles. The van der Waals surface area contributed by atoms with Crippen LogP contribution in [0, 0.1) is 6.92 Å². The first-order valence-electron chi connectivity index (χ1n) is 10.9. The summed E-state index contributed by atoms with van der Waals surface area (Å²) in [5, 5.41) is 0. The molecular formula is C25H31FN4O3. The second-order valence-electron chi connectivity index (χ2n) is 8.73. The Morgan fingerprint density at radius 2 is 1.64 bits per heavy atom. The van der Waals surface area contributed by atoms with E-state index in [-0.39, 0.29) is 24.8 Å². The first-order valence-corrected chi connectivity index (χ1v) is 10.9. The minimum absolute atomic E-state index is 0.000261. The number of aryl methyl sites for hydroxylation is 1. The molecule has 0 unspecified atom stereocenters. The number of rotatable bonds is 6. The molecule has 0 spiro atoms. The van der Waals surface area contributed by atoms with Gasteiger partial charge in [-0.2, -0.15) is 0 Å². The van der Waals surface area contributed by atoms with Crippen molar-refractivity contribution < 1.29 is 18.8 Å². The van der Waals surface area contributed by atoms with Gasteiger partial charge in [-0.1, -0.05) is 29.8 Å². The first-order chi connectivity index (χ1) is 15.6. The number of likely N-dealkylation sites (tertiary alicyclic amines) is 1. The highest BCUT2D eigenvalue weighted by Crippen LogP contribution is 2.27. The molecule has 8 heteroatoms. The van der Waals surface area contributed by atoms with Gasteiger partial charge in [0.25, 0.3) is 5.91 Å². The molecule has 2 aromatic carbocycles. The summed E-state index contributed by atoms with van der Waals surface area (Å²) in [6.45, 7) is 2.25. The van der Waals surface area contributed by atoms with Crippen LogP contribution in [0.1, 0.15) is 33.8 Å². The van der Waals surface area contributed by atoms with Crippen LogP contribution >= 0.6 is 0 Å². The third-order valence-electron chi connectivity index (χ3n) is 6.04. The summed E-state index contributed by atoms with van der Waals surface area (Å²) in [5.74, 6) is -1.83. The largest absolute Gasteiger partial charge is 0.348 e. The van der Waals surface area contributed by atoms with Crippen LogP contribution in [-0.4, -0.2) is 74.0 Å². The summed E-state index contributed by atoms with van der Waals surface area (Å²) in [5.41, 5.74) is 9.10. The third-order valence-corrected chi connectivity index (χ3v) is 6.04. The molecule has 0 saturated carbocycles. The van der Waals surface area contributed by atoms with Crippen LogP contribution in [0.4, 0.5) is 10.1 Å². The first kappa shape index (κ1) is 24.4. The number of alkyl halides is 1. The van der Waals surface area contributed by atoms with Gasteiger partial charge in [-0.05, 0) is 43.2 Å². The Morgan fingerprint density at radius 1 is 1.03 bits per heavy atom. The fourth-order valence-corrected chi connectivity index (χ4v) is 3.97. The minimum Gasteiger partial charge on any atom is -0.348 e. The van der Waals surface area contributed by atoms with Crippen molar-refractivity contribution >= 4 is 23.4 Å². The monoisotopic (exact) mass is 454 g/mol. The van der Waals surface area contributed by atoms with Crippen LogP contribution < -0.4 is 10.6 Å². The molecule has 2 aromatic rings. The van der Waals surface area contributed by atoms with E-state index in [0.29, 0.717) is 23.4 Å². The molecule has 7 nitrogen and oxygen atoms in total. The molecule has 3 amide bonds. The molecule has 1 heterocycles. The molecule has 1 saturated heterocycles. The molecule has 0 bridgehead atoms. The zero-order valence-corrected chi connectivity index (χ0v) is 19.5. The van der Waals surface area contributed by atoms with Crippen LogP contribution in [0.3, 0.4) is 0 Å². The fraction of sp³-hybridized carbons (Fsp3) is 0.400. The lowest BCUT2D eigenvalue weighted by molar-refractivity contribution is -0.138. The zero-order chi connectivity index (χ0) is 24.3. The maximum Gasteiger partial charge on any atom is 0.258 e. The van der Waals surface area contributed by atoms with Gasteiger partial charge in [-0.15, -0.1) is 0 Å². The molecule has 3 rings (SSSR count). The Labute approximate surface area is 193 Å². The van der Waals surface area contributed by atoms with Crippen LogP contribution in [0.5, 0.6) is 0 Å². The lowest BCUT2D eigenvalue weighted by atomic mass is 9.89. The Morgan fingerprint density at radius 3 is 2.15 bits per heavy atom. The molecule has 0 aliphatic carbocycles. The summed E-state index contributed by atoms with van der Waals surface area (Å²) in [4.78, 5) is 42.9. The lowest BCUT2D eigenvalue weighted by Gasteiger charge is -2.29. The van der Waals surface area contributed by atoms with E-state index in [1.54, 1.807) is 57.5 Å². The number of nitrogens with two attached hydrogens (primary N) is 1. The van der Waals surface area contributed by atoms with Gasteiger partial charge in [-0.25, -0.2) is 4.39 Å². The van der Waals surface area contributed by atoms with E-state index in [1.807, 2.05) is 19.1 Å². The Kier molecular flexibility index (Phi) is 7.48. The summed E-state index contributed by atoms with van der Waals surface area (Å²) in [7, 11) is 4.88. The van der Waals surface area contributed by atoms with Crippen LogP contribution in [-0.2, 0) is 9.59 Å². The van der Waals surface area contributed by atoms with Crippen molar-refractivity contribution in [1.29, 1.82) is 0 Å². The predicted octanol–water partition coefficient (Wildman–Crippen LogP) is 2.34. The molecule has 176 valence electrons. The van der Waals surface area contributed by atoms with Crippen LogP contribution in [0.25, 0.3) is 0 Å². The highest BCUT2D eigenvalue weighted by molar-refractivity contribution is 6.05. The molecule has 1 fully saturated rings. The van der Waals surface area contributed by atoms with Gasteiger partial charge >= 0.3 is 0 Å². The standard InChI is InChI=1S/C25H31FN4O3/c1-16-5-7-18(8-6-16)23(31)29(4)20-11-9-17(10-12-20)21(24(32)28(2)3)22(27)25(33)30-14-13-19(26)15-30/h5-12,19,21-22H,13-15,27H2,1-4H3/t19-,21-,22-/m0/s1. The average molecular weight is 455 g/mol. The van der Waals surface area contributed by atoms with Gasteiger partial charge in [0.15, 0.2) is 0 Å². The molecule has 1 aliphatic rings. The number of hydrogen-bond donors (Lipinski definition) is 1. The number of halogens is 1. The normalized spacial score (nSPS) is 17.4. The maximum absolute atomic E-state index is 13.6. The summed E-state index contributed by atoms with van der Waals surface area (Å²) >= 11 is 0. The third kappa shape index (κ3) is 5.39. The summed E-state index contributed by atoms with van der Waals surface area (Å²) < 4.78 is 13.6.